The summed E-state index contributed by atoms with van der Waals surface area (Å²) in [6, 6.07) is 0. The van der Waals surface area contributed by atoms with Gasteiger partial charge in [-0.3, -0.25) is 4.79 Å². The van der Waals surface area contributed by atoms with E-state index < -0.39 is 11.7 Å². The number of alkyl carbamates (subject to hydrolysis) is 1. The van der Waals surface area contributed by atoms with Gasteiger partial charge in [0, 0.05) is 12.5 Å². The van der Waals surface area contributed by atoms with E-state index in [2.05, 4.69) is 5.32 Å². The number of Topliss-reactive ketones (excluding diaryl/α,β-unsaturated/α-hetero) is 1. The topological polar surface area (TPSA) is 55.4 Å². The summed E-state index contributed by atoms with van der Waals surface area (Å²) in [5, 5.41) is 2.61. The van der Waals surface area contributed by atoms with E-state index in [0.29, 0.717) is 13.0 Å². The van der Waals surface area contributed by atoms with Crippen molar-refractivity contribution in [3.8, 4) is 0 Å². The third kappa shape index (κ3) is 7.97. The third-order valence-corrected chi connectivity index (χ3v) is 1.94. The third-order valence-electron chi connectivity index (χ3n) is 1.94. The predicted octanol–water partition coefficient (Wildman–Crippen LogP) is 2.13. The lowest BCUT2D eigenvalue weighted by molar-refractivity contribution is -0.120. The summed E-state index contributed by atoms with van der Waals surface area (Å²) in [6.45, 7) is 9.30. The van der Waals surface area contributed by atoms with Gasteiger partial charge in [0.05, 0.1) is 0 Å². The Kier molecular flexibility index (Phi) is 5.33. The minimum absolute atomic E-state index is 0.0139. The molecule has 15 heavy (non-hydrogen) atoms. The normalized spacial score (nSPS) is 13.1. The van der Waals surface area contributed by atoms with E-state index in [-0.39, 0.29) is 11.7 Å². The maximum atomic E-state index is 11.2. The van der Waals surface area contributed by atoms with Crippen LogP contribution in [0.4, 0.5) is 4.79 Å². The van der Waals surface area contributed by atoms with Crippen molar-refractivity contribution in [3.05, 3.63) is 0 Å². The van der Waals surface area contributed by atoms with E-state index >= 15 is 0 Å². The molecule has 4 nitrogen and oxygen atoms in total. The number of ether oxygens (including phenoxy) is 1. The van der Waals surface area contributed by atoms with Crippen LogP contribution in [0.5, 0.6) is 0 Å². The molecule has 1 N–H and O–H groups in total. The molecule has 0 radical (unpaired) electrons. The average molecular weight is 215 g/mol. The molecule has 4 heteroatoms. The zero-order valence-corrected chi connectivity index (χ0v) is 10.2. The molecule has 0 aromatic rings. The van der Waals surface area contributed by atoms with Crippen LogP contribution in [0.1, 0.15) is 41.0 Å². The van der Waals surface area contributed by atoms with Crippen LogP contribution in [0, 0.1) is 5.92 Å². The van der Waals surface area contributed by atoms with Crippen LogP contribution < -0.4 is 5.32 Å². The molecule has 1 atom stereocenters. The molecule has 0 saturated carbocycles. The van der Waals surface area contributed by atoms with Gasteiger partial charge in [0.2, 0.25) is 0 Å². The van der Waals surface area contributed by atoms with Crippen LogP contribution in [0.3, 0.4) is 0 Å². The van der Waals surface area contributed by atoms with Crippen molar-refractivity contribution in [2.45, 2.75) is 46.6 Å². The molecule has 0 rings (SSSR count). The number of carbonyl (C=O) groups excluding carboxylic acids is 2. The van der Waals surface area contributed by atoms with E-state index in [0.717, 1.165) is 0 Å². The van der Waals surface area contributed by atoms with Gasteiger partial charge in [-0.05, 0) is 34.1 Å². The van der Waals surface area contributed by atoms with Crippen molar-refractivity contribution in [1.29, 1.82) is 0 Å². The summed E-state index contributed by atoms with van der Waals surface area (Å²) in [5.41, 5.74) is -0.476. The van der Waals surface area contributed by atoms with Gasteiger partial charge in [-0.15, -0.1) is 0 Å². The second-order valence-electron chi connectivity index (χ2n) is 4.73. The summed E-state index contributed by atoms with van der Waals surface area (Å²) in [7, 11) is 0. The zero-order valence-electron chi connectivity index (χ0n) is 10.2. The minimum atomic E-state index is -0.476. The zero-order chi connectivity index (χ0) is 12.1. The maximum Gasteiger partial charge on any atom is 0.407 e. The number of nitrogens with one attached hydrogen (secondary N) is 1. The Hall–Kier alpha value is -1.06. The number of rotatable bonds is 4. The monoisotopic (exact) mass is 215 g/mol. The summed E-state index contributed by atoms with van der Waals surface area (Å²) in [6.07, 6.45) is 0.215. The molecule has 0 unspecified atom stereocenters. The molecule has 88 valence electrons. The van der Waals surface area contributed by atoms with Crippen molar-refractivity contribution in [3.63, 3.8) is 0 Å². The Bertz CT molecular complexity index is 230. The first-order chi connectivity index (χ1) is 6.72. The molecular formula is C11H21NO3. The highest BCUT2D eigenvalue weighted by atomic mass is 16.6. The van der Waals surface area contributed by atoms with E-state index in [9.17, 15) is 9.59 Å². The number of hydrogen-bond acceptors (Lipinski definition) is 3. The summed E-state index contributed by atoms with van der Waals surface area (Å²) in [5.74, 6) is 0.126. The Morgan fingerprint density at radius 1 is 1.33 bits per heavy atom. The van der Waals surface area contributed by atoms with Crippen LogP contribution in [-0.2, 0) is 9.53 Å². The highest BCUT2D eigenvalue weighted by Crippen LogP contribution is 2.07. The van der Waals surface area contributed by atoms with Crippen LogP contribution in [0.15, 0.2) is 0 Å². The molecule has 0 aliphatic rings. The molecule has 1 amide bonds. The average Bonchev–Trinajstić information content (AvgIpc) is 2.00. The van der Waals surface area contributed by atoms with Gasteiger partial charge in [-0.25, -0.2) is 4.79 Å². The van der Waals surface area contributed by atoms with Gasteiger partial charge in [0.15, 0.2) is 0 Å². The van der Waals surface area contributed by atoms with E-state index in [1.807, 2.05) is 27.7 Å². The van der Waals surface area contributed by atoms with Crippen molar-refractivity contribution in [2.24, 2.45) is 5.92 Å². The standard InChI is InChI=1S/C11H21NO3/c1-8(9(2)13)6-7-12-10(14)15-11(3,4)5/h8H,6-7H2,1-5H3,(H,12,14)/t8-/m1/s1. The molecular weight excluding hydrogens is 194 g/mol. The van der Waals surface area contributed by atoms with Gasteiger partial charge in [0.1, 0.15) is 11.4 Å². The molecule has 0 aliphatic carbocycles. The summed E-state index contributed by atoms with van der Waals surface area (Å²) >= 11 is 0. The predicted molar refractivity (Wildman–Crippen MR) is 58.7 cm³/mol. The molecule has 0 aromatic carbocycles. The fraction of sp³-hybridized carbons (Fsp3) is 0.818. The molecule has 0 aliphatic heterocycles. The number of amides is 1. The Balaban J connectivity index is 3.69. The van der Waals surface area contributed by atoms with E-state index in [1.54, 1.807) is 6.92 Å². The fourth-order valence-electron chi connectivity index (χ4n) is 0.908. The maximum absolute atomic E-state index is 11.2. The van der Waals surface area contributed by atoms with Crippen molar-refractivity contribution >= 4 is 11.9 Å². The van der Waals surface area contributed by atoms with Gasteiger partial charge in [0.25, 0.3) is 0 Å². The number of ketones is 1. The van der Waals surface area contributed by atoms with Gasteiger partial charge in [-0.1, -0.05) is 6.92 Å². The first kappa shape index (κ1) is 13.9. The van der Waals surface area contributed by atoms with Crippen LogP contribution in [0.25, 0.3) is 0 Å². The number of hydrogen-bond donors (Lipinski definition) is 1. The first-order valence-electron chi connectivity index (χ1n) is 5.19. The highest BCUT2D eigenvalue weighted by Gasteiger charge is 2.16. The van der Waals surface area contributed by atoms with Gasteiger partial charge in [-0.2, -0.15) is 0 Å². The SMILES string of the molecule is CC(=O)[C@H](C)CCNC(=O)OC(C)(C)C. The fourth-order valence-corrected chi connectivity index (χ4v) is 0.908. The Labute approximate surface area is 91.4 Å². The van der Waals surface area contributed by atoms with Gasteiger partial charge < -0.3 is 10.1 Å². The molecule has 0 bridgehead atoms. The van der Waals surface area contributed by atoms with Crippen molar-refractivity contribution in [2.75, 3.05) is 6.54 Å². The molecule has 0 spiro atoms. The van der Waals surface area contributed by atoms with Crippen LogP contribution in [-0.4, -0.2) is 24.0 Å². The molecule has 0 heterocycles. The highest BCUT2D eigenvalue weighted by molar-refractivity contribution is 5.77. The Morgan fingerprint density at radius 2 is 1.87 bits per heavy atom. The number of carbonyl (C=O) groups is 2. The van der Waals surface area contributed by atoms with Crippen molar-refractivity contribution < 1.29 is 14.3 Å². The molecule has 0 fully saturated rings. The lowest BCUT2D eigenvalue weighted by Gasteiger charge is -2.19. The quantitative estimate of drug-likeness (QED) is 0.781. The van der Waals surface area contributed by atoms with Gasteiger partial charge >= 0.3 is 6.09 Å². The summed E-state index contributed by atoms with van der Waals surface area (Å²) in [4.78, 5) is 22.1. The minimum Gasteiger partial charge on any atom is -0.444 e. The Morgan fingerprint density at radius 3 is 2.27 bits per heavy atom. The van der Waals surface area contributed by atoms with Crippen molar-refractivity contribution in [1.82, 2.24) is 5.32 Å². The first-order valence-corrected chi connectivity index (χ1v) is 5.19. The molecule has 0 aromatic heterocycles. The van der Waals surface area contributed by atoms with E-state index in [1.165, 1.54) is 0 Å². The van der Waals surface area contributed by atoms with Crippen LogP contribution >= 0.6 is 0 Å². The summed E-state index contributed by atoms with van der Waals surface area (Å²) < 4.78 is 5.05. The second kappa shape index (κ2) is 5.73. The smallest absolute Gasteiger partial charge is 0.407 e. The van der Waals surface area contributed by atoms with E-state index in [4.69, 9.17) is 4.74 Å². The lowest BCUT2D eigenvalue weighted by atomic mass is 10.0. The lowest BCUT2D eigenvalue weighted by Crippen LogP contribution is -2.33. The molecule has 0 saturated heterocycles. The second-order valence-corrected chi connectivity index (χ2v) is 4.73. The van der Waals surface area contributed by atoms with Crippen LogP contribution in [0.2, 0.25) is 0 Å². The largest absolute Gasteiger partial charge is 0.444 e.